The molecule has 0 amide bonds. The van der Waals surface area contributed by atoms with Gasteiger partial charge in [-0.1, -0.05) is 44.8 Å². The van der Waals surface area contributed by atoms with Gasteiger partial charge in [0.2, 0.25) is 0 Å². The van der Waals surface area contributed by atoms with Gasteiger partial charge in [-0.2, -0.15) is 0 Å². The van der Waals surface area contributed by atoms with Crippen LogP contribution in [0.2, 0.25) is 0 Å². The Morgan fingerprint density at radius 3 is 2.36 bits per heavy atom. The standard InChI is InChI=1S/C15H26O.C11H20O/c1-11-6-5-8-15(4)9-7-12(10-13(11)15)14(2,3)16;12-8-9-5-6-10-3-1-2-4-11(10)7-9/h12-13,16H,1,5-10H2,2-4H3;9-12H,1-8H2/t12-,13+,15-;/m1./s1. The summed E-state index contributed by atoms with van der Waals surface area (Å²) < 4.78 is 0. The lowest BCUT2D eigenvalue weighted by Crippen LogP contribution is -2.43. The minimum Gasteiger partial charge on any atom is -0.396 e. The van der Waals surface area contributed by atoms with Gasteiger partial charge in [-0.05, 0) is 107 Å². The summed E-state index contributed by atoms with van der Waals surface area (Å²) in [4.78, 5) is 0. The van der Waals surface area contributed by atoms with Gasteiger partial charge in [-0.3, -0.25) is 0 Å². The molecule has 2 N–H and O–H groups in total. The molecule has 28 heavy (non-hydrogen) atoms. The molecule has 4 aliphatic rings. The molecule has 0 aromatic rings. The number of rotatable bonds is 2. The van der Waals surface area contributed by atoms with Gasteiger partial charge in [0.25, 0.3) is 0 Å². The fourth-order valence-corrected chi connectivity index (χ4v) is 7.00. The third-order valence-corrected chi connectivity index (χ3v) is 9.07. The molecular weight excluding hydrogens is 344 g/mol. The van der Waals surface area contributed by atoms with E-state index in [0.29, 0.717) is 29.8 Å². The summed E-state index contributed by atoms with van der Waals surface area (Å²) in [5.41, 5.74) is 1.42. The highest BCUT2D eigenvalue weighted by Crippen LogP contribution is 2.54. The Morgan fingerprint density at radius 2 is 1.68 bits per heavy atom. The van der Waals surface area contributed by atoms with E-state index in [1.807, 2.05) is 13.8 Å². The Kier molecular flexibility index (Phi) is 7.35. The molecule has 0 aromatic heterocycles. The average molecular weight is 391 g/mol. The fraction of sp³-hybridized carbons (Fsp3) is 0.923. The molecule has 4 fully saturated rings. The quantitative estimate of drug-likeness (QED) is 0.528. The summed E-state index contributed by atoms with van der Waals surface area (Å²) in [5, 5.41) is 19.3. The molecule has 6 atom stereocenters. The molecule has 0 aromatic carbocycles. The smallest absolute Gasteiger partial charge is 0.0620 e. The summed E-state index contributed by atoms with van der Waals surface area (Å²) in [6.07, 6.45) is 17.3. The van der Waals surface area contributed by atoms with Gasteiger partial charge in [0.1, 0.15) is 0 Å². The normalized spacial score (nSPS) is 41.3. The molecule has 0 aliphatic heterocycles. The van der Waals surface area contributed by atoms with Crippen LogP contribution in [-0.2, 0) is 0 Å². The van der Waals surface area contributed by atoms with E-state index in [1.54, 1.807) is 0 Å². The lowest BCUT2D eigenvalue weighted by Gasteiger charge is -2.50. The van der Waals surface area contributed by atoms with Crippen molar-refractivity contribution < 1.29 is 10.2 Å². The summed E-state index contributed by atoms with van der Waals surface area (Å²) in [5.74, 6) is 3.77. The summed E-state index contributed by atoms with van der Waals surface area (Å²) in [6, 6.07) is 0. The first-order valence-corrected chi connectivity index (χ1v) is 12.2. The van der Waals surface area contributed by atoms with Crippen LogP contribution in [0.5, 0.6) is 0 Å². The second-order valence-corrected chi connectivity index (χ2v) is 11.5. The molecule has 0 saturated heterocycles. The van der Waals surface area contributed by atoms with Crippen molar-refractivity contribution in [1.82, 2.24) is 0 Å². The van der Waals surface area contributed by atoms with Crippen molar-refractivity contribution in [2.24, 2.45) is 35.0 Å². The maximum atomic E-state index is 10.2. The molecule has 0 bridgehead atoms. The first-order chi connectivity index (χ1) is 13.2. The fourth-order valence-electron chi connectivity index (χ4n) is 7.00. The zero-order chi connectivity index (χ0) is 20.4. The highest BCUT2D eigenvalue weighted by atomic mass is 16.3. The van der Waals surface area contributed by atoms with Crippen molar-refractivity contribution in [3.05, 3.63) is 12.2 Å². The van der Waals surface area contributed by atoms with Crippen molar-refractivity contribution in [2.75, 3.05) is 6.61 Å². The van der Waals surface area contributed by atoms with Crippen molar-refractivity contribution in [2.45, 2.75) is 110 Å². The zero-order valence-corrected chi connectivity index (χ0v) is 18.9. The number of aliphatic hydroxyl groups is 2. The second kappa shape index (κ2) is 9.21. The Morgan fingerprint density at radius 1 is 0.964 bits per heavy atom. The van der Waals surface area contributed by atoms with Crippen molar-refractivity contribution in [3.8, 4) is 0 Å². The van der Waals surface area contributed by atoms with Crippen LogP contribution in [-0.4, -0.2) is 22.4 Å². The molecular formula is C26H46O2. The van der Waals surface area contributed by atoms with Gasteiger partial charge < -0.3 is 10.2 Å². The van der Waals surface area contributed by atoms with Gasteiger partial charge in [-0.15, -0.1) is 0 Å². The topological polar surface area (TPSA) is 40.5 Å². The van der Waals surface area contributed by atoms with Crippen LogP contribution in [0, 0.1) is 35.0 Å². The van der Waals surface area contributed by atoms with Gasteiger partial charge >= 0.3 is 0 Å². The lowest BCUT2D eigenvalue weighted by atomic mass is 9.55. The summed E-state index contributed by atoms with van der Waals surface area (Å²) >= 11 is 0. The number of allylic oxidation sites excluding steroid dienone is 1. The van der Waals surface area contributed by atoms with Crippen LogP contribution in [0.4, 0.5) is 0 Å². The number of hydrogen-bond donors (Lipinski definition) is 2. The van der Waals surface area contributed by atoms with E-state index in [2.05, 4.69) is 13.5 Å². The largest absolute Gasteiger partial charge is 0.396 e. The minimum atomic E-state index is -0.515. The van der Waals surface area contributed by atoms with E-state index in [9.17, 15) is 5.11 Å². The third-order valence-electron chi connectivity index (χ3n) is 9.07. The third kappa shape index (κ3) is 5.22. The molecule has 0 spiro atoms. The van der Waals surface area contributed by atoms with Gasteiger partial charge in [0.05, 0.1) is 5.60 Å². The van der Waals surface area contributed by atoms with Crippen LogP contribution in [0.15, 0.2) is 12.2 Å². The second-order valence-electron chi connectivity index (χ2n) is 11.5. The summed E-state index contributed by atoms with van der Waals surface area (Å²) in [6.45, 7) is 11.1. The van der Waals surface area contributed by atoms with Gasteiger partial charge in [-0.25, -0.2) is 0 Å². The molecule has 0 radical (unpaired) electrons. The van der Waals surface area contributed by atoms with E-state index >= 15 is 0 Å². The van der Waals surface area contributed by atoms with Crippen LogP contribution in [0.25, 0.3) is 0 Å². The number of hydrogen-bond acceptors (Lipinski definition) is 2. The predicted molar refractivity (Wildman–Crippen MR) is 118 cm³/mol. The summed E-state index contributed by atoms with van der Waals surface area (Å²) in [7, 11) is 0. The molecule has 4 saturated carbocycles. The van der Waals surface area contributed by atoms with E-state index in [-0.39, 0.29) is 0 Å². The van der Waals surface area contributed by atoms with Crippen LogP contribution < -0.4 is 0 Å². The molecule has 3 unspecified atom stereocenters. The maximum Gasteiger partial charge on any atom is 0.0620 e. The Bertz CT molecular complexity index is 519. The molecule has 0 heterocycles. The number of fused-ring (bicyclic) bond motifs is 2. The molecule has 2 nitrogen and oxygen atoms in total. The molecule has 162 valence electrons. The van der Waals surface area contributed by atoms with Gasteiger partial charge in [0, 0.05) is 6.61 Å². The molecule has 4 aliphatic carbocycles. The predicted octanol–water partition coefficient (Wildman–Crippen LogP) is 6.51. The van der Waals surface area contributed by atoms with Crippen LogP contribution >= 0.6 is 0 Å². The SMILES string of the molecule is C=C1CCC[C@]2(C)CC[C@@H](C(C)(C)O)C[C@@H]12.OCC1CCC2CCCCC2C1. The van der Waals surface area contributed by atoms with E-state index < -0.39 is 5.60 Å². The zero-order valence-electron chi connectivity index (χ0n) is 18.9. The first-order valence-electron chi connectivity index (χ1n) is 12.2. The van der Waals surface area contributed by atoms with Crippen molar-refractivity contribution in [1.29, 1.82) is 0 Å². The molecule has 4 rings (SSSR count). The van der Waals surface area contributed by atoms with E-state index in [0.717, 1.165) is 18.3 Å². The van der Waals surface area contributed by atoms with Gasteiger partial charge in [0.15, 0.2) is 0 Å². The van der Waals surface area contributed by atoms with Crippen LogP contribution in [0.1, 0.15) is 104 Å². The van der Waals surface area contributed by atoms with E-state index in [4.69, 9.17) is 5.11 Å². The van der Waals surface area contributed by atoms with Crippen molar-refractivity contribution >= 4 is 0 Å². The Hall–Kier alpha value is -0.340. The first kappa shape index (κ1) is 22.3. The number of aliphatic hydroxyl groups excluding tert-OH is 1. The minimum absolute atomic E-state index is 0.434. The van der Waals surface area contributed by atoms with E-state index in [1.165, 1.54) is 82.6 Å². The lowest BCUT2D eigenvalue weighted by molar-refractivity contribution is -0.0406. The Balaban J connectivity index is 0.000000167. The Labute approximate surface area is 174 Å². The van der Waals surface area contributed by atoms with Crippen LogP contribution in [0.3, 0.4) is 0 Å². The maximum absolute atomic E-state index is 10.2. The average Bonchev–Trinajstić information content (AvgIpc) is 2.67. The van der Waals surface area contributed by atoms with Crippen molar-refractivity contribution in [3.63, 3.8) is 0 Å². The molecule has 2 heteroatoms. The monoisotopic (exact) mass is 390 g/mol. The highest BCUT2D eigenvalue weighted by molar-refractivity contribution is 5.13. The highest BCUT2D eigenvalue weighted by Gasteiger charge is 2.45.